The molecule has 0 unspecified atom stereocenters. The van der Waals surface area contributed by atoms with Crippen molar-refractivity contribution in [3.63, 3.8) is 0 Å². The van der Waals surface area contributed by atoms with Gasteiger partial charge in [0.05, 0.1) is 28.5 Å². The van der Waals surface area contributed by atoms with Gasteiger partial charge in [0, 0.05) is 23.5 Å². The number of aromatic nitrogens is 2. The molecule has 2 aromatic heterocycles. The highest BCUT2D eigenvalue weighted by molar-refractivity contribution is 7.20. The van der Waals surface area contributed by atoms with E-state index in [1.807, 2.05) is 60.7 Å². The van der Waals surface area contributed by atoms with Crippen LogP contribution in [-0.2, 0) is 4.74 Å². The lowest BCUT2D eigenvalue weighted by molar-refractivity contribution is -0.0585. The molecule has 1 aliphatic heterocycles. The molecule has 0 spiro atoms. The quantitative estimate of drug-likeness (QED) is 0.656. The van der Waals surface area contributed by atoms with E-state index in [-0.39, 0.29) is 18.1 Å². The number of hydrogen-bond acceptors (Lipinski definition) is 4. The van der Waals surface area contributed by atoms with E-state index in [0.29, 0.717) is 18.1 Å². The minimum absolute atomic E-state index is 0.0563. The Morgan fingerprint density at radius 3 is 2.69 bits per heavy atom. The van der Waals surface area contributed by atoms with Crippen molar-refractivity contribution in [2.75, 3.05) is 13.1 Å². The highest BCUT2D eigenvalue weighted by Gasteiger charge is 2.28. The number of thiophene rings is 1. The maximum absolute atomic E-state index is 13.0. The molecule has 1 aromatic carbocycles. The molecule has 3 heterocycles. The zero-order valence-electron chi connectivity index (χ0n) is 14.9. The highest BCUT2D eigenvalue weighted by Crippen LogP contribution is 2.32. The molecular formula is C19H20ClN3O2S. The average molecular weight is 390 g/mol. The number of morpholine rings is 1. The van der Waals surface area contributed by atoms with Crippen molar-refractivity contribution < 1.29 is 9.53 Å². The van der Waals surface area contributed by atoms with Crippen molar-refractivity contribution in [3.05, 3.63) is 45.9 Å². The Hall–Kier alpha value is -1.89. The molecule has 1 amide bonds. The topological polar surface area (TPSA) is 47.4 Å². The summed E-state index contributed by atoms with van der Waals surface area (Å²) in [5.41, 5.74) is 1.80. The summed E-state index contributed by atoms with van der Waals surface area (Å²) in [5, 5.41) is 6.29. The lowest BCUT2D eigenvalue weighted by atomic mass is 10.2. The summed E-state index contributed by atoms with van der Waals surface area (Å²) in [7, 11) is 0. The Morgan fingerprint density at radius 1 is 1.27 bits per heavy atom. The first-order valence-corrected chi connectivity index (χ1v) is 9.81. The van der Waals surface area contributed by atoms with E-state index in [2.05, 4.69) is 5.10 Å². The molecule has 3 aromatic rings. The van der Waals surface area contributed by atoms with Crippen LogP contribution in [0.2, 0.25) is 5.02 Å². The largest absolute Gasteiger partial charge is 0.372 e. The van der Waals surface area contributed by atoms with Crippen LogP contribution in [0, 0.1) is 6.92 Å². The van der Waals surface area contributed by atoms with E-state index < -0.39 is 0 Å². The fourth-order valence-corrected chi connectivity index (χ4v) is 4.77. The molecule has 1 saturated heterocycles. The molecule has 0 aliphatic carbocycles. The van der Waals surface area contributed by atoms with E-state index in [0.717, 1.165) is 26.5 Å². The van der Waals surface area contributed by atoms with Crippen molar-refractivity contribution in [3.8, 4) is 5.69 Å². The summed E-state index contributed by atoms with van der Waals surface area (Å²) in [6, 6.07) is 9.53. The first-order chi connectivity index (χ1) is 12.4. The average Bonchev–Trinajstić information content (AvgIpc) is 3.14. The Morgan fingerprint density at radius 2 is 2.00 bits per heavy atom. The fourth-order valence-electron chi connectivity index (χ4n) is 3.44. The summed E-state index contributed by atoms with van der Waals surface area (Å²) in [6.45, 7) is 7.21. The molecule has 1 aliphatic rings. The van der Waals surface area contributed by atoms with Crippen LogP contribution in [-0.4, -0.2) is 45.9 Å². The zero-order chi connectivity index (χ0) is 18.4. The van der Waals surface area contributed by atoms with Crippen LogP contribution in [0.5, 0.6) is 0 Å². The highest BCUT2D eigenvalue weighted by atomic mass is 35.5. The lowest BCUT2D eigenvalue weighted by Gasteiger charge is -2.35. The molecule has 2 atom stereocenters. The van der Waals surface area contributed by atoms with Gasteiger partial charge in [0.15, 0.2) is 0 Å². The van der Waals surface area contributed by atoms with Crippen LogP contribution >= 0.6 is 22.9 Å². The van der Waals surface area contributed by atoms with E-state index in [1.54, 1.807) is 0 Å². The number of nitrogens with zero attached hydrogens (tertiary/aromatic N) is 3. The maximum Gasteiger partial charge on any atom is 0.264 e. The molecule has 5 nitrogen and oxygen atoms in total. The molecule has 0 saturated carbocycles. The number of carbonyl (C=O) groups is 1. The van der Waals surface area contributed by atoms with Gasteiger partial charge in [-0.3, -0.25) is 4.79 Å². The van der Waals surface area contributed by atoms with Crippen LogP contribution in [0.25, 0.3) is 15.9 Å². The summed E-state index contributed by atoms with van der Waals surface area (Å²) >= 11 is 7.60. The van der Waals surface area contributed by atoms with E-state index in [1.165, 1.54) is 11.3 Å². The molecule has 4 rings (SSSR count). The number of rotatable bonds is 2. The number of halogens is 1. The standard InChI is InChI=1S/C19H20ClN3O2S/c1-11-9-22(10-12(2)25-11)18(24)17-8-16-13(3)21-23(19(16)26-17)15-6-4-5-14(20)7-15/h4-8,11-12H,9-10H2,1-3H3/t11-,12-/m0/s1. The minimum atomic E-state index is 0.0563. The van der Waals surface area contributed by atoms with Crippen molar-refractivity contribution in [1.82, 2.24) is 14.7 Å². The second-order valence-corrected chi connectivity index (χ2v) is 8.24. The molecule has 0 radical (unpaired) electrons. The molecule has 7 heteroatoms. The second kappa shape index (κ2) is 6.68. The number of benzene rings is 1. The van der Waals surface area contributed by atoms with Crippen LogP contribution in [0.3, 0.4) is 0 Å². The van der Waals surface area contributed by atoms with Crippen LogP contribution < -0.4 is 0 Å². The number of carbonyl (C=O) groups excluding carboxylic acids is 1. The summed E-state index contributed by atoms with van der Waals surface area (Å²) in [5.74, 6) is 0.0604. The van der Waals surface area contributed by atoms with E-state index in [4.69, 9.17) is 16.3 Å². The number of ether oxygens (including phenoxy) is 1. The number of aryl methyl sites for hydroxylation is 1. The SMILES string of the molecule is Cc1nn(-c2cccc(Cl)c2)c2sc(C(=O)N3C[C@H](C)O[C@@H](C)C3)cc12. The van der Waals surface area contributed by atoms with Gasteiger partial charge in [-0.2, -0.15) is 5.10 Å². The van der Waals surface area contributed by atoms with Crippen LogP contribution in [0.4, 0.5) is 0 Å². The van der Waals surface area contributed by atoms with E-state index in [9.17, 15) is 4.79 Å². The Kier molecular flexibility index (Phi) is 4.50. The first kappa shape index (κ1) is 17.5. The third-order valence-electron chi connectivity index (χ3n) is 4.52. The van der Waals surface area contributed by atoms with Crippen LogP contribution in [0.1, 0.15) is 29.2 Å². The Balaban J connectivity index is 1.72. The van der Waals surface area contributed by atoms with Crippen molar-refractivity contribution in [2.24, 2.45) is 0 Å². The predicted molar refractivity (Wildman–Crippen MR) is 105 cm³/mol. The van der Waals surface area contributed by atoms with Gasteiger partial charge in [0.25, 0.3) is 5.91 Å². The van der Waals surface area contributed by atoms with E-state index >= 15 is 0 Å². The van der Waals surface area contributed by atoms with Crippen molar-refractivity contribution in [2.45, 2.75) is 33.0 Å². The number of fused-ring (bicyclic) bond motifs is 1. The van der Waals surface area contributed by atoms with Gasteiger partial charge in [-0.25, -0.2) is 4.68 Å². The summed E-state index contributed by atoms with van der Waals surface area (Å²) in [6.07, 6.45) is 0.113. The summed E-state index contributed by atoms with van der Waals surface area (Å²) in [4.78, 5) is 16.6. The van der Waals surface area contributed by atoms with Crippen LogP contribution in [0.15, 0.2) is 30.3 Å². The molecule has 0 N–H and O–H groups in total. The van der Waals surface area contributed by atoms with Gasteiger partial charge in [-0.1, -0.05) is 17.7 Å². The van der Waals surface area contributed by atoms with Gasteiger partial charge in [0.1, 0.15) is 4.83 Å². The monoisotopic (exact) mass is 389 g/mol. The maximum atomic E-state index is 13.0. The molecule has 26 heavy (non-hydrogen) atoms. The zero-order valence-corrected chi connectivity index (χ0v) is 16.5. The minimum Gasteiger partial charge on any atom is -0.372 e. The lowest BCUT2D eigenvalue weighted by Crippen LogP contribution is -2.48. The predicted octanol–water partition coefficient (Wildman–Crippen LogP) is 4.30. The molecule has 0 bridgehead atoms. The van der Waals surface area contributed by atoms with Gasteiger partial charge >= 0.3 is 0 Å². The smallest absolute Gasteiger partial charge is 0.264 e. The van der Waals surface area contributed by atoms with Gasteiger partial charge < -0.3 is 9.64 Å². The third-order valence-corrected chi connectivity index (χ3v) is 5.85. The third kappa shape index (κ3) is 3.13. The van der Waals surface area contributed by atoms with Crippen molar-refractivity contribution >= 4 is 39.1 Å². The Bertz CT molecular complexity index is 970. The van der Waals surface area contributed by atoms with Crippen molar-refractivity contribution in [1.29, 1.82) is 0 Å². The normalized spacial score (nSPS) is 20.7. The fraction of sp³-hybridized carbons (Fsp3) is 0.368. The summed E-state index contributed by atoms with van der Waals surface area (Å²) < 4.78 is 7.60. The molecular weight excluding hydrogens is 370 g/mol. The number of amides is 1. The number of hydrogen-bond donors (Lipinski definition) is 0. The van der Waals surface area contributed by atoms with Gasteiger partial charge in [-0.15, -0.1) is 11.3 Å². The molecule has 1 fully saturated rings. The Labute approximate surface area is 161 Å². The first-order valence-electron chi connectivity index (χ1n) is 8.62. The second-order valence-electron chi connectivity index (χ2n) is 6.77. The molecule has 136 valence electrons. The van der Waals surface area contributed by atoms with Gasteiger partial charge in [-0.05, 0) is 45.0 Å². The van der Waals surface area contributed by atoms with Gasteiger partial charge in [0.2, 0.25) is 0 Å².